The number of nitrogens with one attached hydrogen (secondary N) is 1. The molecule has 0 bridgehead atoms. The summed E-state index contributed by atoms with van der Waals surface area (Å²) < 4.78 is 1.94. The Labute approximate surface area is 118 Å². The molecule has 2 rings (SSSR count). The van der Waals surface area contributed by atoms with E-state index in [9.17, 15) is 9.90 Å². The molecule has 1 aromatic heterocycles. The lowest BCUT2D eigenvalue weighted by atomic mass is 10.0. The van der Waals surface area contributed by atoms with Gasteiger partial charge in [-0.1, -0.05) is 24.9 Å². The second-order valence-electron chi connectivity index (χ2n) is 5.61. The average Bonchev–Trinajstić information content (AvgIpc) is 3.09. The van der Waals surface area contributed by atoms with Crippen molar-refractivity contribution in [3.8, 4) is 0 Å². The molecule has 4 nitrogen and oxygen atoms in total. The first-order chi connectivity index (χ1) is 8.93. The molecule has 1 aliphatic carbocycles. The number of rotatable bonds is 6. The van der Waals surface area contributed by atoms with Crippen LogP contribution >= 0.6 is 11.6 Å². The van der Waals surface area contributed by atoms with Gasteiger partial charge in [0.15, 0.2) is 0 Å². The van der Waals surface area contributed by atoms with Crippen molar-refractivity contribution < 1.29 is 9.90 Å². The molecule has 1 heterocycles. The van der Waals surface area contributed by atoms with E-state index >= 15 is 0 Å². The number of halogens is 1. The fourth-order valence-electron chi connectivity index (χ4n) is 2.27. The van der Waals surface area contributed by atoms with Crippen LogP contribution in [0.3, 0.4) is 0 Å². The molecular weight excluding hydrogens is 264 g/mol. The van der Waals surface area contributed by atoms with Crippen LogP contribution in [-0.2, 0) is 0 Å². The maximum absolute atomic E-state index is 12.2. The predicted octanol–water partition coefficient (Wildman–Crippen LogP) is 2.76. The molecule has 1 fully saturated rings. The first-order valence-corrected chi connectivity index (χ1v) is 7.18. The second kappa shape index (κ2) is 5.55. The summed E-state index contributed by atoms with van der Waals surface area (Å²) in [7, 11) is 0. The Morgan fingerprint density at radius 3 is 2.89 bits per heavy atom. The maximum Gasteiger partial charge on any atom is 0.268 e. The van der Waals surface area contributed by atoms with Gasteiger partial charge in [0.2, 0.25) is 0 Å². The Kier molecular flexibility index (Phi) is 4.21. The van der Waals surface area contributed by atoms with Gasteiger partial charge in [-0.15, -0.1) is 0 Å². The number of hydrogen-bond acceptors (Lipinski definition) is 2. The van der Waals surface area contributed by atoms with Crippen LogP contribution in [0.5, 0.6) is 0 Å². The monoisotopic (exact) mass is 284 g/mol. The van der Waals surface area contributed by atoms with Crippen LogP contribution in [0.15, 0.2) is 12.3 Å². The summed E-state index contributed by atoms with van der Waals surface area (Å²) in [5.74, 6) is -0.171. The van der Waals surface area contributed by atoms with Crippen molar-refractivity contribution in [1.29, 1.82) is 0 Å². The standard InChI is InChI=1S/C14H21ClN2O2/c1-3-6-14(2,19)9-16-13(18)12-7-10(15)8-17(12)11-4-5-11/h7-8,11,19H,3-6,9H2,1-2H3,(H,16,18). The molecule has 19 heavy (non-hydrogen) atoms. The Morgan fingerprint density at radius 1 is 1.63 bits per heavy atom. The molecule has 5 heteroatoms. The zero-order valence-electron chi connectivity index (χ0n) is 11.4. The first kappa shape index (κ1) is 14.4. The van der Waals surface area contributed by atoms with Gasteiger partial charge >= 0.3 is 0 Å². The van der Waals surface area contributed by atoms with Gasteiger partial charge in [0.25, 0.3) is 5.91 Å². The predicted molar refractivity (Wildman–Crippen MR) is 75.6 cm³/mol. The van der Waals surface area contributed by atoms with Crippen LogP contribution in [0, 0.1) is 0 Å². The van der Waals surface area contributed by atoms with Gasteiger partial charge in [0, 0.05) is 18.8 Å². The second-order valence-corrected chi connectivity index (χ2v) is 6.05. The molecule has 0 saturated heterocycles. The van der Waals surface area contributed by atoms with Gasteiger partial charge < -0.3 is 15.0 Å². The van der Waals surface area contributed by atoms with Crippen molar-refractivity contribution in [3.05, 3.63) is 23.0 Å². The van der Waals surface area contributed by atoms with E-state index in [1.807, 2.05) is 11.5 Å². The Morgan fingerprint density at radius 2 is 2.32 bits per heavy atom. The summed E-state index contributed by atoms with van der Waals surface area (Å²) in [6.45, 7) is 4.01. The molecule has 1 amide bonds. The molecule has 1 aliphatic rings. The maximum atomic E-state index is 12.2. The zero-order chi connectivity index (χ0) is 14.0. The zero-order valence-corrected chi connectivity index (χ0v) is 12.2. The molecular formula is C14H21ClN2O2. The lowest BCUT2D eigenvalue weighted by molar-refractivity contribution is 0.0467. The topological polar surface area (TPSA) is 54.3 Å². The number of amides is 1. The fraction of sp³-hybridized carbons (Fsp3) is 0.643. The van der Waals surface area contributed by atoms with Crippen molar-refractivity contribution in [2.24, 2.45) is 0 Å². The molecule has 0 aromatic carbocycles. The van der Waals surface area contributed by atoms with Crippen LogP contribution < -0.4 is 5.32 Å². The van der Waals surface area contributed by atoms with Gasteiger partial charge in [-0.3, -0.25) is 4.79 Å². The molecule has 1 unspecified atom stereocenters. The highest BCUT2D eigenvalue weighted by molar-refractivity contribution is 6.31. The van der Waals surface area contributed by atoms with Gasteiger partial charge in [-0.2, -0.15) is 0 Å². The number of aromatic nitrogens is 1. The number of hydrogen-bond donors (Lipinski definition) is 2. The minimum Gasteiger partial charge on any atom is -0.388 e. The first-order valence-electron chi connectivity index (χ1n) is 6.81. The van der Waals surface area contributed by atoms with E-state index in [1.165, 1.54) is 0 Å². The molecule has 1 atom stereocenters. The Bertz CT molecular complexity index is 464. The van der Waals surface area contributed by atoms with E-state index < -0.39 is 5.60 Å². The smallest absolute Gasteiger partial charge is 0.268 e. The largest absolute Gasteiger partial charge is 0.388 e. The van der Waals surface area contributed by atoms with E-state index in [0.29, 0.717) is 23.2 Å². The highest BCUT2D eigenvalue weighted by Crippen LogP contribution is 2.37. The number of carbonyl (C=O) groups is 1. The summed E-state index contributed by atoms with van der Waals surface area (Å²) in [6.07, 6.45) is 5.54. The SMILES string of the molecule is CCCC(C)(O)CNC(=O)c1cc(Cl)cn1C1CC1. The van der Waals surface area contributed by atoms with Crippen LogP contribution in [0.1, 0.15) is 56.1 Å². The summed E-state index contributed by atoms with van der Waals surface area (Å²) in [4.78, 5) is 12.2. The van der Waals surface area contributed by atoms with Crippen LogP contribution in [0.25, 0.3) is 0 Å². The third-order valence-corrected chi connectivity index (χ3v) is 3.61. The van der Waals surface area contributed by atoms with E-state index in [4.69, 9.17) is 11.6 Å². The molecule has 106 valence electrons. The van der Waals surface area contributed by atoms with E-state index in [0.717, 1.165) is 19.3 Å². The van der Waals surface area contributed by atoms with Gasteiger partial charge in [-0.05, 0) is 32.3 Å². The average molecular weight is 285 g/mol. The Hall–Kier alpha value is -1.00. The molecule has 0 spiro atoms. The normalized spacial score (nSPS) is 18.1. The van der Waals surface area contributed by atoms with Crippen molar-refractivity contribution in [1.82, 2.24) is 9.88 Å². The van der Waals surface area contributed by atoms with Crippen molar-refractivity contribution in [3.63, 3.8) is 0 Å². The van der Waals surface area contributed by atoms with Gasteiger partial charge in [0.1, 0.15) is 5.69 Å². The molecule has 1 aromatic rings. The van der Waals surface area contributed by atoms with E-state index in [2.05, 4.69) is 5.32 Å². The summed E-state index contributed by atoms with van der Waals surface area (Å²) in [5.41, 5.74) is -0.273. The molecule has 0 aliphatic heterocycles. The van der Waals surface area contributed by atoms with Gasteiger partial charge in [0.05, 0.1) is 10.6 Å². The number of carbonyl (C=O) groups excluding carboxylic acids is 1. The fourth-order valence-corrected chi connectivity index (χ4v) is 2.48. The third-order valence-electron chi connectivity index (χ3n) is 3.41. The third kappa shape index (κ3) is 3.74. The molecule has 2 N–H and O–H groups in total. The Balaban J connectivity index is 2.00. The lowest BCUT2D eigenvalue weighted by Gasteiger charge is -2.23. The molecule has 1 saturated carbocycles. The quantitative estimate of drug-likeness (QED) is 0.844. The minimum absolute atomic E-state index is 0.171. The van der Waals surface area contributed by atoms with Crippen LogP contribution in [0.4, 0.5) is 0 Å². The van der Waals surface area contributed by atoms with E-state index in [1.54, 1.807) is 19.2 Å². The van der Waals surface area contributed by atoms with Crippen molar-refractivity contribution in [2.45, 2.75) is 51.2 Å². The highest BCUT2D eigenvalue weighted by Gasteiger charge is 2.28. The van der Waals surface area contributed by atoms with Crippen molar-refractivity contribution >= 4 is 17.5 Å². The molecule has 0 radical (unpaired) electrons. The summed E-state index contributed by atoms with van der Waals surface area (Å²) in [6, 6.07) is 2.09. The number of nitrogens with zero attached hydrogens (tertiary/aromatic N) is 1. The highest BCUT2D eigenvalue weighted by atomic mass is 35.5. The van der Waals surface area contributed by atoms with Gasteiger partial charge in [-0.25, -0.2) is 0 Å². The van der Waals surface area contributed by atoms with Crippen molar-refractivity contribution in [2.75, 3.05) is 6.54 Å². The number of aliphatic hydroxyl groups is 1. The van der Waals surface area contributed by atoms with E-state index in [-0.39, 0.29) is 12.5 Å². The minimum atomic E-state index is -0.856. The summed E-state index contributed by atoms with van der Waals surface area (Å²) in [5, 5.41) is 13.4. The van der Waals surface area contributed by atoms with Crippen LogP contribution in [0.2, 0.25) is 5.02 Å². The van der Waals surface area contributed by atoms with Crippen LogP contribution in [-0.4, -0.2) is 27.7 Å². The lowest BCUT2D eigenvalue weighted by Crippen LogP contribution is -2.41. The summed E-state index contributed by atoms with van der Waals surface area (Å²) >= 11 is 5.97.